The van der Waals surface area contributed by atoms with Crippen molar-refractivity contribution in [1.82, 2.24) is 9.55 Å². The van der Waals surface area contributed by atoms with E-state index < -0.39 is 23.4 Å². The summed E-state index contributed by atoms with van der Waals surface area (Å²) in [5, 5.41) is 14.9. The van der Waals surface area contributed by atoms with Gasteiger partial charge in [0.1, 0.15) is 0 Å². The quantitative estimate of drug-likeness (QED) is 0.122. The fraction of sp³-hybridized carbons (Fsp3) is 0.192. The first-order valence-electron chi connectivity index (χ1n) is 11.4. The minimum absolute atomic E-state index is 0.00368. The molecule has 38 heavy (non-hydrogen) atoms. The van der Waals surface area contributed by atoms with Gasteiger partial charge in [-0.1, -0.05) is 53.7 Å². The minimum Gasteiger partial charge on any atom is -0.490 e. The van der Waals surface area contributed by atoms with Gasteiger partial charge in [0, 0.05) is 22.8 Å². The first-order valence-corrected chi connectivity index (χ1v) is 12.7. The third-order valence-electron chi connectivity index (χ3n) is 5.54. The first-order chi connectivity index (χ1) is 18.2. The lowest BCUT2D eigenvalue weighted by atomic mass is 10.1. The van der Waals surface area contributed by atoms with Crippen LogP contribution in [0.5, 0.6) is 5.75 Å². The van der Waals surface area contributed by atoms with Gasteiger partial charge in [0.25, 0.3) is 5.91 Å². The second-order valence-corrected chi connectivity index (χ2v) is 9.57. The zero-order chi connectivity index (χ0) is 27.2. The van der Waals surface area contributed by atoms with Crippen molar-refractivity contribution in [2.75, 3.05) is 24.8 Å². The van der Waals surface area contributed by atoms with E-state index in [4.69, 9.17) is 21.1 Å². The molecule has 1 heterocycles. The Bertz CT molecular complexity index is 1510. The summed E-state index contributed by atoms with van der Waals surface area (Å²) in [4.78, 5) is 40.0. The molecule has 0 atom stereocenters. The van der Waals surface area contributed by atoms with E-state index in [0.717, 1.165) is 11.1 Å². The standard InChI is InChI=1S/C26H23ClN4O6S/c1-16-10-22(31(34)35)23(36-2)12-19(16)28-24(32)14-37-25(33)15-38-26-29-20-11-18(27)8-9-21(20)30(26)13-17-6-4-3-5-7-17/h3-12H,13-15H2,1-2H3,(H,28,32). The predicted molar refractivity (Wildman–Crippen MR) is 145 cm³/mol. The predicted octanol–water partition coefficient (Wildman–Crippen LogP) is 5.24. The number of hydrogen-bond acceptors (Lipinski definition) is 8. The fourth-order valence-corrected chi connectivity index (χ4v) is 4.70. The molecule has 12 heteroatoms. The molecule has 1 amide bonds. The number of imidazole rings is 1. The molecule has 0 aliphatic carbocycles. The van der Waals surface area contributed by atoms with Crippen molar-refractivity contribution in [3.05, 3.63) is 86.9 Å². The highest BCUT2D eigenvalue weighted by molar-refractivity contribution is 7.99. The van der Waals surface area contributed by atoms with Gasteiger partial charge in [-0.2, -0.15) is 0 Å². The average Bonchev–Trinajstić information content (AvgIpc) is 3.23. The Morgan fingerprint density at radius 3 is 2.63 bits per heavy atom. The Morgan fingerprint density at radius 1 is 1.16 bits per heavy atom. The lowest BCUT2D eigenvalue weighted by Crippen LogP contribution is -2.22. The number of aryl methyl sites for hydroxylation is 1. The van der Waals surface area contributed by atoms with Crippen LogP contribution in [0, 0.1) is 17.0 Å². The van der Waals surface area contributed by atoms with Crippen molar-refractivity contribution in [3.8, 4) is 5.75 Å². The molecule has 4 aromatic rings. The van der Waals surface area contributed by atoms with Crippen molar-refractivity contribution >= 4 is 57.6 Å². The van der Waals surface area contributed by atoms with Gasteiger partial charge in [0.2, 0.25) is 0 Å². The normalized spacial score (nSPS) is 10.8. The molecule has 196 valence electrons. The number of aromatic nitrogens is 2. The monoisotopic (exact) mass is 554 g/mol. The van der Waals surface area contributed by atoms with E-state index in [0.29, 0.717) is 33.5 Å². The number of nitrogens with zero attached hydrogens (tertiary/aromatic N) is 3. The number of nitro groups is 1. The van der Waals surface area contributed by atoms with E-state index in [1.807, 2.05) is 41.0 Å². The van der Waals surface area contributed by atoms with Gasteiger partial charge in [-0.15, -0.1) is 0 Å². The van der Waals surface area contributed by atoms with Crippen molar-refractivity contribution in [3.63, 3.8) is 0 Å². The van der Waals surface area contributed by atoms with Gasteiger partial charge in [-0.25, -0.2) is 4.98 Å². The number of carbonyl (C=O) groups is 2. The van der Waals surface area contributed by atoms with Crippen molar-refractivity contribution < 1.29 is 24.0 Å². The van der Waals surface area contributed by atoms with Crippen LogP contribution in [0.4, 0.5) is 11.4 Å². The number of nitrogens with one attached hydrogen (secondary N) is 1. The van der Waals surface area contributed by atoms with Crippen molar-refractivity contribution in [1.29, 1.82) is 0 Å². The summed E-state index contributed by atoms with van der Waals surface area (Å²) in [6, 6.07) is 17.9. The highest BCUT2D eigenvalue weighted by Crippen LogP contribution is 2.33. The van der Waals surface area contributed by atoms with Gasteiger partial charge >= 0.3 is 11.7 Å². The number of fused-ring (bicyclic) bond motifs is 1. The topological polar surface area (TPSA) is 126 Å². The van der Waals surface area contributed by atoms with Crippen LogP contribution < -0.4 is 10.1 Å². The van der Waals surface area contributed by atoms with E-state index in [9.17, 15) is 19.7 Å². The van der Waals surface area contributed by atoms with Crippen LogP contribution >= 0.6 is 23.4 Å². The first kappa shape index (κ1) is 27.0. The third-order valence-corrected chi connectivity index (χ3v) is 6.72. The molecule has 0 saturated carbocycles. The van der Waals surface area contributed by atoms with Crippen molar-refractivity contribution in [2.24, 2.45) is 0 Å². The summed E-state index contributed by atoms with van der Waals surface area (Å²) in [6.45, 7) is 1.64. The molecule has 0 saturated heterocycles. The van der Waals surface area contributed by atoms with Crippen LogP contribution in [0.25, 0.3) is 11.0 Å². The molecule has 10 nitrogen and oxygen atoms in total. The maximum absolute atomic E-state index is 12.4. The summed E-state index contributed by atoms with van der Waals surface area (Å²) >= 11 is 7.34. The van der Waals surface area contributed by atoms with E-state index in [1.54, 1.807) is 19.1 Å². The Balaban J connectivity index is 1.38. The van der Waals surface area contributed by atoms with Crippen LogP contribution in [-0.2, 0) is 20.9 Å². The second-order valence-electron chi connectivity index (χ2n) is 8.19. The van der Waals surface area contributed by atoms with Crippen LogP contribution in [0.3, 0.4) is 0 Å². The number of amides is 1. The molecular weight excluding hydrogens is 532 g/mol. The maximum Gasteiger partial charge on any atom is 0.316 e. The molecule has 0 bridgehead atoms. The second kappa shape index (κ2) is 12.0. The summed E-state index contributed by atoms with van der Waals surface area (Å²) < 4.78 is 12.2. The molecule has 1 N–H and O–H groups in total. The van der Waals surface area contributed by atoms with Gasteiger partial charge < -0.3 is 19.4 Å². The largest absolute Gasteiger partial charge is 0.490 e. The van der Waals surface area contributed by atoms with E-state index in [1.165, 1.54) is 31.0 Å². The number of rotatable bonds is 10. The molecule has 0 aliphatic heterocycles. The average molecular weight is 555 g/mol. The van der Waals surface area contributed by atoms with Gasteiger partial charge in [-0.05, 0) is 36.2 Å². The van der Waals surface area contributed by atoms with Crippen LogP contribution in [0.2, 0.25) is 5.02 Å². The number of anilines is 1. The molecule has 1 aromatic heterocycles. The van der Waals surface area contributed by atoms with Crippen molar-refractivity contribution in [2.45, 2.75) is 18.6 Å². The molecule has 0 fully saturated rings. The molecular formula is C26H23ClN4O6S. The SMILES string of the molecule is COc1cc(NC(=O)COC(=O)CSc2nc3cc(Cl)ccc3n2Cc2ccccc2)c(C)cc1[N+](=O)[O-]. The summed E-state index contributed by atoms with van der Waals surface area (Å²) in [6.07, 6.45) is 0. The highest BCUT2D eigenvalue weighted by atomic mass is 35.5. The number of nitro benzene ring substituents is 1. The number of methoxy groups -OCH3 is 1. The number of benzene rings is 3. The highest BCUT2D eigenvalue weighted by Gasteiger charge is 2.19. The minimum atomic E-state index is -0.598. The van der Waals surface area contributed by atoms with Crippen LogP contribution in [0.1, 0.15) is 11.1 Å². The zero-order valence-electron chi connectivity index (χ0n) is 20.5. The molecule has 0 aliphatic rings. The molecule has 0 radical (unpaired) electrons. The Hall–Kier alpha value is -4.09. The summed E-state index contributed by atoms with van der Waals surface area (Å²) in [5.74, 6) is -1.25. The number of hydrogen-bond donors (Lipinski definition) is 1. The van der Waals surface area contributed by atoms with Gasteiger partial charge in [0.05, 0.1) is 35.4 Å². The smallest absolute Gasteiger partial charge is 0.316 e. The molecule has 0 spiro atoms. The fourth-order valence-electron chi connectivity index (χ4n) is 3.72. The number of carbonyl (C=O) groups excluding carboxylic acids is 2. The summed E-state index contributed by atoms with van der Waals surface area (Å²) in [7, 11) is 1.30. The number of esters is 1. The third kappa shape index (κ3) is 6.42. The van der Waals surface area contributed by atoms with E-state index >= 15 is 0 Å². The Kier molecular flexibility index (Phi) is 8.49. The number of ether oxygens (including phenoxy) is 2. The lowest BCUT2D eigenvalue weighted by Gasteiger charge is -2.11. The lowest BCUT2D eigenvalue weighted by molar-refractivity contribution is -0.385. The molecule has 3 aromatic carbocycles. The van der Waals surface area contributed by atoms with Crippen LogP contribution in [-0.4, -0.2) is 45.8 Å². The maximum atomic E-state index is 12.4. The molecule has 4 rings (SSSR count). The zero-order valence-corrected chi connectivity index (χ0v) is 22.0. The number of halogens is 1. The van der Waals surface area contributed by atoms with Crippen LogP contribution in [0.15, 0.2) is 65.8 Å². The Morgan fingerprint density at radius 2 is 1.92 bits per heavy atom. The van der Waals surface area contributed by atoms with Gasteiger partial charge in [-0.3, -0.25) is 19.7 Å². The van der Waals surface area contributed by atoms with E-state index in [2.05, 4.69) is 10.3 Å². The summed E-state index contributed by atoms with van der Waals surface area (Å²) in [5.41, 5.74) is 3.22. The van der Waals surface area contributed by atoms with Gasteiger partial charge in [0.15, 0.2) is 17.5 Å². The molecule has 0 unspecified atom stereocenters. The Labute approximate surface area is 227 Å². The van der Waals surface area contributed by atoms with E-state index in [-0.39, 0.29) is 17.2 Å². The number of thioether (sulfide) groups is 1.